The van der Waals surface area contributed by atoms with E-state index in [9.17, 15) is 37.1 Å². The fourth-order valence-electron chi connectivity index (χ4n) is 11.4. The van der Waals surface area contributed by atoms with Gasteiger partial charge in [-0.25, -0.2) is 10.2 Å². The molecule has 1 aromatic heterocycles. The first-order valence-electron chi connectivity index (χ1n) is 25.7. The van der Waals surface area contributed by atoms with E-state index in [4.69, 9.17) is 14.2 Å². The van der Waals surface area contributed by atoms with Crippen LogP contribution in [0.25, 0.3) is 11.1 Å². The maximum Gasteiger partial charge on any atom is 0.448 e. The Hall–Kier alpha value is -6.18. The SMILES string of the molecule is C=CC(=O)N1CCOC2(CCN(C(=O)N(C)[C@H](C(=O)N[C@H]3Cc4cccc(c4)-c4ccc5c(c4)C(CC(C)(C)COC(=O)[C@@H]4CCCN(N4)C3=O)C(c3cccnc3[C@H](C)OC)=[N+]5CC(F)(F)F)C(C)C)CC2)C1. The van der Waals surface area contributed by atoms with E-state index >= 15 is 0 Å². The number of carbonyl (C=O) groups excluding carboxylic acids is 5. The molecule has 5 amide bonds. The minimum atomic E-state index is -4.58. The first-order valence-corrected chi connectivity index (χ1v) is 25.7. The molecular formula is C55H70F3N8O8+. The number of likely N-dealkylation sites (N-methyl/N-ethyl adjacent to an activating group) is 1. The number of rotatable bonds is 9. The van der Waals surface area contributed by atoms with Gasteiger partial charge in [0.2, 0.25) is 24.0 Å². The molecule has 1 unspecified atom stereocenters. The molecule has 74 heavy (non-hydrogen) atoms. The van der Waals surface area contributed by atoms with Crippen LogP contribution in [0.15, 0.2) is 73.4 Å². The summed E-state index contributed by atoms with van der Waals surface area (Å²) in [7, 11) is 3.11. The number of carbonyl (C=O) groups is 5. The van der Waals surface area contributed by atoms with Crippen LogP contribution in [0.1, 0.15) is 101 Å². The number of esters is 1. The van der Waals surface area contributed by atoms with Gasteiger partial charge in [0.25, 0.3) is 5.91 Å². The third-order valence-corrected chi connectivity index (χ3v) is 15.2. The van der Waals surface area contributed by atoms with Crippen molar-refractivity contribution in [2.75, 3.05) is 66.6 Å². The number of hydrogen-bond donors (Lipinski definition) is 2. The largest absolute Gasteiger partial charge is 0.464 e. The zero-order valence-electron chi connectivity index (χ0n) is 43.5. The summed E-state index contributed by atoms with van der Waals surface area (Å²) in [5.74, 6) is -2.76. The lowest BCUT2D eigenvalue weighted by Crippen LogP contribution is -2.63. The fraction of sp³-hybridized carbons (Fsp3) is 0.545. The molecule has 0 aliphatic carbocycles. The molecule has 0 radical (unpaired) electrons. The first-order chi connectivity index (χ1) is 35.1. The van der Waals surface area contributed by atoms with E-state index in [1.807, 2.05) is 58.0 Å². The highest BCUT2D eigenvalue weighted by Crippen LogP contribution is 2.47. The summed E-state index contributed by atoms with van der Waals surface area (Å²) < 4.78 is 63.5. The minimum absolute atomic E-state index is 0.0221. The molecule has 0 saturated carbocycles. The topological polar surface area (TPSA) is 166 Å². The van der Waals surface area contributed by atoms with Gasteiger partial charge in [-0.2, -0.15) is 17.7 Å². The number of benzene rings is 2. The lowest BCUT2D eigenvalue weighted by molar-refractivity contribution is -0.480. The zero-order valence-corrected chi connectivity index (χ0v) is 43.5. The smallest absolute Gasteiger partial charge is 0.448 e. The van der Waals surface area contributed by atoms with Gasteiger partial charge in [-0.3, -0.25) is 29.2 Å². The van der Waals surface area contributed by atoms with Gasteiger partial charge in [0.1, 0.15) is 18.1 Å². The number of aromatic nitrogens is 1. The van der Waals surface area contributed by atoms with E-state index in [-0.39, 0.29) is 37.4 Å². The maximum atomic E-state index is 14.8. The van der Waals surface area contributed by atoms with Crippen molar-refractivity contribution in [3.8, 4) is 11.1 Å². The van der Waals surface area contributed by atoms with Crippen LogP contribution in [0, 0.1) is 11.3 Å². The van der Waals surface area contributed by atoms with E-state index in [1.54, 1.807) is 54.2 Å². The molecule has 5 aliphatic rings. The highest BCUT2D eigenvalue weighted by molar-refractivity contribution is 6.06. The van der Waals surface area contributed by atoms with Crippen molar-refractivity contribution < 1.29 is 55.9 Å². The van der Waals surface area contributed by atoms with Gasteiger partial charge in [-0.05, 0) is 92.0 Å². The Morgan fingerprint density at radius 3 is 2.47 bits per heavy atom. The molecule has 2 aromatic carbocycles. The van der Waals surface area contributed by atoms with Gasteiger partial charge in [0.15, 0.2) is 5.71 Å². The molecule has 5 aliphatic heterocycles. The Balaban J connectivity index is 1.12. The molecule has 6 heterocycles. The molecule has 8 rings (SSSR count). The number of fused-ring (bicyclic) bond motifs is 6. The number of halogens is 3. The van der Waals surface area contributed by atoms with Crippen molar-refractivity contribution in [1.29, 1.82) is 0 Å². The normalized spacial score (nSPS) is 22.9. The zero-order chi connectivity index (χ0) is 53.3. The van der Waals surface area contributed by atoms with Crippen LogP contribution < -0.4 is 10.7 Å². The van der Waals surface area contributed by atoms with Crippen LogP contribution in [0.3, 0.4) is 0 Å². The number of likely N-dealkylation sites (tertiary alicyclic amines) is 1. The van der Waals surface area contributed by atoms with E-state index in [2.05, 4.69) is 22.3 Å². The van der Waals surface area contributed by atoms with E-state index in [0.29, 0.717) is 98.7 Å². The molecule has 3 aromatic rings. The number of piperidine rings is 1. The summed E-state index contributed by atoms with van der Waals surface area (Å²) in [6, 6.07) is 13.0. The summed E-state index contributed by atoms with van der Waals surface area (Å²) in [4.78, 5) is 79.6. The number of nitrogens with one attached hydrogen (secondary N) is 2. The van der Waals surface area contributed by atoms with Gasteiger partial charge in [0, 0.05) is 70.0 Å². The van der Waals surface area contributed by atoms with Crippen molar-refractivity contribution in [2.45, 2.75) is 115 Å². The van der Waals surface area contributed by atoms with Crippen molar-refractivity contribution in [1.82, 2.24) is 35.4 Å². The Morgan fingerprint density at radius 2 is 1.77 bits per heavy atom. The second kappa shape index (κ2) is 22.0. The average molecular weight is 1030 g/mol. The molecule has 16 nitrogen and oxygen atoms in total. The average Bonchev–Trinajstić information content (AvgIpc) is 3.66. The van der Waals surface area contributed by atoms with Crippen molar-refractivity contribution in [2.24, 2.45) is 11.3 Å². The van der Waals surface area contributed by atoms with Crippen LogP contribution >= 0.6 is 0 Å². The number of hydrazine groups is 1. The van der Waals surface area contributed by atoms with Gasteiger partial charge in [0.05, 0.1) is 48.6 Å². The van der Waals surface area contributed by atoms with Gasteiger partial charge in [-0.15, -0.1) is 0 Å². The number of pyridine rings is 1. The van der Waals surface area contributed by atoms with E-state index in [1.165, 1.54) is 27.7 Å². The highest BCUT2D eigenvalue weighted by atomic mass is 19.4. The van der Waals surface area contributed by atoms with Crippen LogP contribution in [0.5, 0.6) is 0 Å². The second-order valence-electron chi connectivity index (χ2n) is 21.5. The third kappa shape index (κ3) is 11.7. The highest BCUT2D eigenvalue weighted by Gasteiger charge is 2.49. The predicted octanol–water partition coefficient (Wildman–Crippen LogP) is 6.70. The summed E-state index contributed by atoms with van der Waals surface area (Å²) >= 11 is 0. The Labute approximate surface area is 431 Å². The predicted molar refractivity (Wildman–Crippen MR) is 270 cm³/mol. The standard InChI is InChI=1S/C55H69F3N8O8/c1-9-45(67)64-25-26-74-54(31-64)19-23-63(24-20-54)52(71)62(7)47(34(2)3)49(68)60-43-28-36-13-10-14-37(27-36)38-17-18-44-40(29-38)41(30-53(5,6)33-73-51(70)42-16-12-22-66(61-42)50(43)69)48(65(44)32-55(56,57)58)39-15-11-21-59-46(39)35(4)72-8/h9-11,13-15,17-18,21,27,29,34-35,41-43,47,61H,1,12,16,19-20,22-26,28,30-33H2,2-8H3/p+1/t35-,41?,42-,43-,47-/m0/s1. The second-order valence-corrected chi connectivity index (χ2v) is 21.5. The molecule has 19 heteroatoms. The van der Waals surface area contributed by atoms with Crippen LogP contribution in [-0.4, -0.2) is 161 Å². The number of alkyl halides is 3. The number of morpholine rings is 1. The Kier molecular flexibility index (Phi) is 16.1. The number of amides is 5. The maximum absolute atomic E-state index is 14.8. The van der Waals surface area contributed by atoms with Crippen LogP contribution in [-0.2, 0) is 39.8 Å². The molecule has 3 fully saturated rings. The van der Waals surface area contributed by atoms with Gasteiger partial charge in [-0.1, -0.05) is 58.5 Å². The van der Waals surface area contributed by atoms with E-state index in [0.717, 1.165) is 11.1 Å². The number of cyclic esters (lactones) is 1. The monoisotopic (exact) mass is 1030 g/mol. The Bertz CT molecular complexity index is 2670. The first kappa shape index (κ1) is 54.1. The number of methoxy groups -OCH3 is 1. The summed E-state index contributed by atoms with van der Waals surface area (Å²) in [5.41, 5.74) is 6.36. The van der Waals surface area contributed by atoms with Crippen molar-refractivity contribution in [3.05, 3.63) is 95.8 Å². The minimum Gasteiger partial charge on any atom is -0.464 e. The van der Waals surface area contributed by atoms with Crippen molar-refractivity contribution in [3.63, 3.8) is 0 Å². The van der Waals surface area contributed by atoms with Crippen LogP contribution in [0.2, 0.25) is 0 Å². The third-order valence-electron chi connectivity index (χ3n) is 15.2. The molecular weight excluding hydrogens is 958 g/mol. The number of hydrogen-bond acceptors (Lipinski definition) is 10. The Morgan fingerprint density at radius 1 is 1.03 bits per heavy atom. The van der Waals surface area contributed by atoms with Gasteiger partial charge < -0.3 is 34.2 Å². The molecule has 5 atom stereocenters. The lowest BCUT2D eigenvalue weighted by atomic mass is 9.77. The number of nitrogens with zero attached hydrogens (tertiary/aromatic N) is 6. The van der Waals surface area contributed by atoms with Gasteiger partial charge >= 0.3 is 18.2 Å². The molecule has 1 spiro atoms. The molecule has 3 saturated heterocycles. The van der Waals surface area contributed by atoms with Crippen LogP contribution in [0.4, 0.5) is 23.7 Å². The fourth-order valence-corrected chi connectivity index (χ4v) is 11.4. The number of urea groups is 1. The molecule has 398 valence electrons. The molecule has 6 bridgehead atoms. The summed E-state index contributed by atoms with van der Waals surface area (Å²) in [6.45, 7) is 13.8. The van der Waals surface area contributed by atoms with Crippen molar-refractivity contribution >= 4 is 41.1 Å². The summed E-state index contributed by atoms with van der Waals surface area (Å²) in [6.07, 6.45) is -0.100. The molecule has 2 N–H and O–H groups in total. The lowest BCUT2D eigenvalue weighted by Gasteiger charge is -2.47. The summed E-state index contributed by atoms with van der Waals surface area (Å²) in [5, 5.41) is 4.39. The quantitative estimate of drug-likeness (QED) is 0.134. The number of ether oxygens (including phenoxy) is 3. The van der Waals surface area contributed by atoms with E-state index < -0.39 is 71.7 Å².